The topological polar surface area (TPSA) is 49.9 Å². The predicted molar refractivity (Wildman–Crippen MR) is 410 cm³/mol. The van der Waals surface area contributed by atoms with Crippen LogP contribution in [0.1, 0.15) is 45.7 Å². The zero-order valence-corrected chi connectivity index (χ0v) is 58.4. The molecule has 0 spiro atoms. The van der Waals surface area contributed by atoms with E-state index in [0.29, 0.717) is 0 Å². The molecule has 0 aliphatic rings. The molecule has 12 aromatic carbocycles. The van der Waals surface area contributed by atoms with Crippen molar-refractivity contribution < 1.29 is 18.9 Å². The quantitative estimate of drug-likeness (QED) is 0.0491. The van der Waals surface area contributed by atoms with Gasteiger partial charge in [-0.1, -0.05) is 81.4 Å². The predicted octanol–water partition coefficient (Wildman–Crippen LogP) is 23.9. The molecule has 0 amide bonds. The fraction of sp³-hybridized carbons (Fsp3) is 0.163. The van der Waals surface area contributed by atoms with Crippen molar-refractivity contribution >= 4 is 88.1 Å². The van der Waals surface area contributed by atoms with Gasteiger partial charge < -0.3 is 33.6 Å². The molecule has 0 saturated carbocycles. The number of anilines is 12. The van der Waals surface area contributed by atoms with Crippen molar-refractivity contribution in [1.29, 1.82) is 0 Å². The Morgan fingerprint density at radius 2 is 0.389 bits per heavy atom. The number of halogens is 1. The maximum absolute atomic E-state index is 5.51. The summed E-state index contributed by atoms with van der Waals surface area (Å²) in [7, 11) is 6.77. The first-order chi connectivity index (χ1) is 46.1. The Balaban J connectivity index is 0.819. The maximum Gasteiger partial charge on any atom is 0.0461 e. The summed E-state index contributed by atoms with van der Waals surface area (Å²) in [6.07, 6.45) is 0. The zero-order valence-electron chi connectivity index (χ0n) is 56.2. The Bertz CT molecular complexity index is 4350. The molecule has 0 fully saturated rings. The minimum Gasteiger partial charge on any atom is -0.0564 e. The van der Waals surface area contributed by atoms with Gasteiger partial charge in [-0.2, -0.15) is 0 Å². The smallest absolute Gasteiger partial charge is 0.0461 e. The molecule has 0 radical (unpaired) electrons. The van der Waals surface area contributed by atoms with Crippen LogP contribution in [0.2, 0.25) is 0 Å². The third-order valence-electron chi connectivity index (χ3n) is 17.6. The van der Waals surface area contributed by atoms with E-state index in [9.17, 15) is 0 Å². The minimum absolute atomic E-state index is 0.0214. The average molecular weight is 1360 g/mol. The second-order valence-corrected chi connectivity index (χ2v) is 31.7. The Morgan fingerprint density at radius 1 is 0.232 bits per heavy atom. The Kier molecular flexibility index (Phi) is 19.5. The molecule has 8 nitrogen and oxygen atoms in total. The van der Waals surface area contributed by atoms with E-state index in [1.165, 1.54) is 15.6 Å². The van der Waals surface area contributed by atoms with Gasteiger partial charge in [0.05, 0.1) is 28.4 Å². The molecule has 12 rings (SSSR count). The van der Waals surface area contributed by atoms with Gasteiger partial charge in [0.25, 0.3) is 0 Å². The maximum atomic E-state index is 5.51. The van der Waals surface area contributed by atoms with E-state index >= 15 is 0 Å². The summed E-state index contributed by atoms with van der Waals surface area (Å²) in [5.41, 5.74) is 22.3. The van der Waals surface area contributed by atoms with Crippen molar-refractivity contribution in [1.82, 2.24) is 0 Å². The number of rotatable bonds is 22. The van der Waals surface area contributed by atoms with Crippen molar-refractivity contribution in [3.63, 3.8) is 0 Å². The van der Waals surface area contributed by atoms with Gasteiger partial charge in [-0.3, -0.25) is 0 Å². The molecule has 0 heterocycles. The number of methoxy groups -OCH3 is 4. The third kappa shape index (κ3) is 14.8. The van der Waals surface area contributed by atoms with Crippen molar-refractivity contribution in [3.8, 4) is 56.4 Å². The van der Waals surface area contributed by atoms with E-state index in [-0.39, 0.29) is 10.8 Å². The summed E-state index contributed by atoms with van der Waals surface area (Å²) < 4.78 is 23.3. The second-order valence-electron chi connectivity index (χ2n) is 25.7. The molecule has 9 heteroatoms. The van der Waals surface area contributed by atoms with Gasteiger partial charge in [-0.25, -0.2) is 0 Å². The van der Waals surface area contributed by atoms with E-state index in [2.05, 4.69) is 307 Å². The van der Waals surface area contributed by atoms with Crippen molar-refractivity contribution in [3.05, 3.63) is 302 Å². The molecule has 95 heavy (non-hydrogen) atoms. The van der Waals surface area contributed by atoms with Crippen LogP contribution in [0.25, 0.3) is 33.4 Å². The van der Waals surface area contributed by atoms with E-state index in [4.69, 9.17) is 18.9 Å². The van der Waals surface area contributed by atoms with E-state index in [1.54, 1.807) is 28.4 Å². The van der Waals surface area contributed by atoms with Gasteiger partial charge in [-0.05, 0) is 180 Å². The molecule has 0 N–H and O–H groups in total. The number of nitrogens with zero attached hydrogens (tertiary/aromatic N) is 4. The van der Waals surface area contributed by atoms with E-state index < -0.39 is 19.8 Å². The molecular formula is C86H83IN4O4. The zero-order chi connectivity index (χ0) is 66.2. The molecule has 0 aliphatic heterocycles. The van der Waals surface area contributed by atoms with Crippen LogP contribution in [0.4, 0.5) is 68.2 Å². The van der Waals surface area contributed by atoms with Crippen LogP contribution in [-0.4, -0.2) is 42.7 Å². The first kappa shape index (κ1) is 64.9. The molecule has 0 aliphatic carbocycles. The Morgan fingerprint density at radius 3 is 0.547 bits per heavy atom. The average Bonchev–Trinajstić information content (AvgIpc) is 0.832. The summed E-state index contributed by atoms with van der Waals surface area (Å²) >= 11 is -0.985. The second kappa shape index (κ2) is 28.6. The van der Waals surface area contributed by atoms with E-state index in [0.717, 1.165) is 125 Å². The number of ether oxygens (including phenoxy) is 4. The summed E-state index contributed by atoms with van der Waals surface area (Å²) in [5.74, 6) is 3.24. The largest absolute Gasteiger partial charge is 0.0564 e. The van der Waals surface area contributed by atoms with Crippen LogP contribution in [0.15, 0.2) is 291 Å². The van der Waals surface area contributed by atoms with Crippen molar-refractivity contribution in [2.75, 3.05) is 62.3 Å². The van der Waals surface area contributed by atoms with Crippen LogP contribution >= 0.6 is 19.8 Å². The van der Waals surface area contributed by atoms with Gasteiger partial charge in [0, 0.05) is 51.2 Å². The molecule has 0 bridgehead atoms. The van der Waals surface area contributed by atoms with Gasteiger partial charge >= 0.3 is 176 Å². The molecule has 0 saturated heterocycles. The van der Waals surface area contributed by atoms with Crippen molar-refractivity contribution in [2.24, 2.45) is 0 Å². The Labute approximate surface area is 569 Å². The van der Waals surface area contributed by atoms with E-state index in [1.807, 2.05) is 48.5 Å². The molecule has 0 unspecified atom stereocenters. The van der Waals surface area contributed by atoms with Gasteiger partial charge in [0.1, 0.15) is 23.0 Å². The standard InChI is InChI=1S/C86H83IN4O4/c1-85(2,3)67-24-40-75(41-25-67)88(70-30-14-62(15-31-70)65-20-36-73(37-21-65)90(77-44-52-81(92-8)53-45-77)78-46-54-82(93-9)55-47-78)69-28-12-61(13-29-69)63-16-32-71(33-17-63)89(76-42-26-68(27-43-76)86(4,5)60-87(6)7)72-34-18-64(19-35-72)66-22-38-74(39-23-66)91(79-48-56-83(94-10)57-49-79)80-50-58-84(95-11)59-51-80/h12-59H,60H2,1-11H3. The number of hydrogen-bond donors (Lipinski definition) is 0. The SMILES string of the molecule is COc1ccc(N(c2ccc(OC)cc2)c2ccc(-c3ccc(N(c4ccc(-c5ccc(N(c6ccc(-c7ccc(N(c8ccc(OC)cc8)c8ccc(OC)cc8)cc7)cc6)c6ccc(C(C)(C)CI(C)C)cc6)cc5)cc4)c4ccc(C(C)(C)C)cc4)cc3)cc2)cc1. The molecule has 12 aromatic rings. The Hall–Kier alpha value is -10.2. The summed E-state index contributed by atoms with van der Waals surface area (Å²) in [6, 6.07) is 104. The molecule has 478 valence electrons. The van der Waals surface area contributed by atoms with Crippen LogP contribution in [0.5, 0.6) is 23.0 Å². The number of hydrogen-bond acceptors (Lipinski definition) is 8. The van der Waals surface area contributed by atoms with Crippen LogP contribution in [0, 0.1) is 0 Å². The van der Waals surface area contributed by atoms with Crippen LogP contribution in [-0.2, 0) is 10.8 Å². The van der Waals surface area contributed by atoms with Crippen molar-refractivity contribution in [2.45, 2.75) is 45.4 Å². The molecule has 0 atom stereocenters. The third-order valence-corrected chi connectivity index (χ3v) is 21.0. The fourth-order valence-corrected chi connectivity index (χ4v) is 16.7. The van der Waals surface area contributed by atoms with Crippen LogP contribution in [0.3, 0.4) is 0 Å². The van der Waals surface area contributed by atoms with Gasteiger partial charge in [0.2, 0.25) is 0 Å². The van der Waals surface area contributed by atoms with Gasteiger partial charge in [-0.15, -0.1) is 0 Å². The fourth-order valence-electron chi connectivity index (χ4n) is 12.4. The number of benzene rings is 12. The summed E-state index contributed by atoms with van der Waals surface area (Å²) in [6.45, 7) is 11.6. The summed E-state index contributed by atoms with van der Waals surface area (Å²) in [5, 5.41) is 0. The number of alkyl halides is 3. The summed E-state index contributed by atoms with van der Waals surface area (Å²) in [4.78, 5) is 14.1. The first-order valence-electron chi connectivity index (χ1n) is 32.1. The van der Waals surface area contributed by atoms with Crippen LogP contribution < -0.4 is 38.5 Å². The molecule has 0 aromatic heterocycles. The van der Waals surface area contributed by atoms with Gasteiger partial charge in [0.15, 0.2) is 0 Å². The normalized spacial score (nSPS) is 11.5. The molecular weight excluding hydrogens is 1280 g/mol. The first-order valence-corrected chi connectivity index (χ1v) is 38.0. The minimum atomic E-state index is -0.985. The monoisotopic (exact) mass is 1360 g/mol.